The highest BCUT2D eigenvalue weighted by Crippen LogP contribution is 2.16. The first kappa shape index (κ1) is 12.8. The average Bonchev–Trinajstić information content (AvgIpc) is 2.75. The van der Waals surface area contributed by atoms with Gasteiger partial charge in [0.05, 0.1) is 0 Å². The van der Waals surface area contributed by atoms with E-state index < -0.39 is 6.10 Å². The second-order valence-corrected chi connectivity index (χ2v) is 4.55. The van der Waals surface area contributed by atoms with E-state index in [1.807, 2.05) is 0 Å². The molecule has 2 rings (SSSR count). The van der Waals surface area contributed by atoms with Gasteiger partial charge in [-0.3, -0.25) is 4.79 Å². The maximum atomic E-state index is 13.0. The molecule has 18 heavy (non-hydrogen) atoms. The summed E-state index contributed by atoms with van der Waals surface area (Å²) in [4.78, 5) is 13.7. The topological polar surface area (TPSA) is 55.6 Å². The van der Waals surface area contributed by atoms with Gasteiger partial charge in [0.25, 0.3) is 5.91 Å². The minimum Gasteiger partial charge on any atom is -0.481 e. The molecule has 1 aliphatic rings. The standard InChI is InChI=1S/C13H17FN2O2/c1-9(13(17)16-6-5-11(15)8-16)18-12-4-2-3-10(14)7-12/h2-4,7,9,11H,5-6,8,15H2,1H3/t9?,11-/m0/s1. The van der Waals surface area contributed by atoms with Crippen LogP contribution < -0.4 is 10.5 Å². The first-order chi connectivity index (χ1) is 8.56. The van der Waals surface area contributed by atoms with Gasteiger partial charge in [-0.05, 0) is 25.5 Å². The minimum atomic E-state index is -0.628. The van der Waals surface area contributed by atoms with Crippen molar-refractivity contribution in [2.75, 3.05) is 13.1 Å². The summed E-state index contributed by atoms with van der Waals surface area (Å²) in [6, 6.07) is 5.82. The van der Waals surface area contributed by atoms with Crippen LogP contribution in [0.5, 0.6) is 5.75 Å². The molecule has 0 spiro atoms. The van der Waals surface area contributed by atoms with E-state index in [2.05, 4.69) is 0 Å². The van der Waals surface area contributed by atoms with E-state index in [0.29, 0.717) is 18.8 Å². The highest BCUT2D eigenvalue weighted by atomic mass is 19.1. The summed E-state index contributed by atoms with van der Waals surface area (Å²) in [6.45, 7) is 2.89. The fraction of sp³-hybridized carbons (Fsp3) is 0.462. The molecule has 1 unspecified atom stereocenters. The van der Waals surface area contributed by atoms with Gasteiger partial charge in [-0.1, -0.05) is 6.07 Å². The lowest BCUT2D eigenvalue weighted by Crippen LogP contribution is -2.40. The highest BCUT2D eigenvalue weighted by molar-refractivity contribution is 5.81. The lowest BCUT2D eigenvalue weighted by molar-refractivity contribution is -0.136. The van der Waals surface area contributed by atoms with Gasteiger partial charge >= 0.3 is 0 Å². The second-order valence-electron chi connectivity index (χ2n) is 4.55. The van der Waals surface area contributed by atoms with Crippen LogP contribution in [-0.2, 0) is 4.79 Å². The Morgan fingerprint density at radius 2 is 2.39 bits per heavy atom. The van der Waals surface area contributed by atoms with Crippen molar-refractivity contribution in [3.8, 4) is 5.75 Å². The number of carbonyl (C=O) groups excluding carboxylic acids is 1. The van der Waals surface area contributed by atoms with E-state index in [1.54, 1.807) is 24.0 Å². The summed E-state index contributed by atoms with van der Waals surface area (Å²) >= 11 is 0. The number of nitrogens with two attached hydrogens (primary N) is 1. The lowest BCUT2D eigenvalue weighted by Gasteiger charge is -2.21. The molecule has 1 fully saturated rings. The molecule has 4 nitrogen and oxygen atoms in total. The molecule has 1 aromatic carbocycles. The molecular weight excluding hydrogens is 235 g/mol. The van der Waals surface area contributed by atoms with Gasteiger partial charge in [0, 0.05) is 25.2 Å². The van der Waals surface area contributed by atoms with Crippen molar-refractivity contribution in [2.45, 2.75) is 25.5 Å². The molecule has 5 heteroatoms. The summed E-state index contributed by atoms with van der Waals surface area (Å²) in [5.41, 5.74) is 5.75. The normalized spacial score (nSPS) is 20.8. The summed E-state index contributed by atoms with van der Waals surface area (Å²) in [6.07, 6.45) is 0.190. The Morgan fingerprint density at radius 1 is 1.61 bits per heavy atom. The number of rotatable bonds is 3. The van der Waals surface area contributed by atoms with Crippen molar-refractivity contribution >= 4 is 5.91 Å². The molecule has 0 bridgehead atoms. The van der Waals surface area contributed by atoms with Crippen LogP contribution in [0.3, 0.4) is 0 Å². The first-order valence-electron chi connectivity index (χ1n) is 6.03. The van der Waals surface area contributed by atoms with Gasteiger partial charge in [0.1, 0.15) is 11.6 Å². The Hall–Kier alpha value is -1.62. The van der Waals surface area contributed by atoms with Crippen LogP contribution in [0.15, 0.2) is 24.3 Å². The maximum absolute atomic E-state index is 13.0. The van der Waals surface area contributed by atoms with Gasteiger partial charge in [0.15, 0.2) is 6.10 Å². The maximum Gasteiger partial charge on any atom is 0.263 e. The largest absolute Gasteiger partial charge is 0.481 e. The summed E-state index contributed by atoms with van der Waals surface area (Å²) in [7, 11) is 0. The molecule has 1 amide bonds. The number of carbonyl (C=O) groups is 1. The number of likely N-dealkylation sites (tertiary alicyclic amines) is 1. The van der Waals surface area contributed by atoms with E-state index in [1.165, 1.54) is 12.1 Å². The third-order valence-corrected chi connectivity index (χ3v) is 2.99. The SMILES string of the molecule is CC(Oc1cccc(F)c1)C(=O)N1CC[C@H](N)C1. The zero-order valence-electron chi connectivity index (χ0n) is 10.3. The van der Waals surface area contributed by atoms with Gasteiger partial charge < -0.3 is 15.4 Å². The van der Waals surface area contributed by atoms with E-state index in [9.17, 15) is 9.18 Å². The van der Waals surface area contributed by atoms with Crippen molar-refractivity contribution in [1.29, 1.82) is 0 Å². The van der Waals surface area contributed by atoms with Gasteiger partial charge in [0.2, 0.25) is 0 Å². The van der Waals surface area contributed by atoms with Crippen LogP contribution in [0, 0.1) is 5.82 Å². The molecule has 98 valence electrons. The number of amides is 1. The molecule has 2 atom stereocenters. The average molecular weight is 252 g/mol. The molecule has 1 heterocycles. The Morgan fingerprint density at radius 3 is 3.00 bits per heavy atom. The van der Waals surface area contributed by atoms with E-state index in [-0.39, 0.29) is 17.8 Å². The quantitative estimate of drug-likeness (QED) is 0.878. The van der Waals surface area contributed by atoms with Gasteiger partial charge in [-0.2, -0.15) is 0 Å². The van der Waals surface area contributed by atoms with Gasteiger partial charge in [-0.15, -0.1) is 0 Å². The Labute approximate surface area is 106 Å². The Balaban J connectivity index is 1.95. The summed E-state index contributed by atoms with van der Waals surface area (Å²) in [5.74, 6) is -0.123. The number of hydrogen-bond acceptors (Lipinski definition) is 3. The fourth-order valence-electron chi connectivity index (χ4n) is 2.04. The van der Waals surface area contributed by atoms with Crippen LogP contribution >= 0.6 is 0 Å². The summed E-state index contributed by atoms with van der Waals surface area (Å²) in [5, 5.41) is 0. The van der Waals surface area contributed by atoms with Crippen LogP contribution in [0.2, 0.25) is 0 Å². The van der Waals surface area contributed by atoms with Crippen molar-refractivity contribution < 1.29 is 13.9 Å². The van der Waals surface area contributed by atoms with Crippen molar-refractivity contribution in [3.63, 3.8) is 0 Å². The molecule has 1 aliphatic heterocycles. The Bertz CT molecular complexity index is 439. The summed E-state index contributed by atoms with van der Waals surface area (Å²) < 4.78 is 18.4. The van der Waals surface area contributed by atoms with Crippen LogP contribution in [0.4, 0.5) is 4.39 Å². The monoisotopic (exact) mass is 252 g/mol. The molecule has 1 saturated heterocycles. The minimum absolute atomic E-state index is 0.0512. The fourth-order valence-corrected chi connectivity index (χ4v) is 2.04. The number of ether oxygens (including phenoxy) is 1. The molecule has 0 saturated carbocycles. The van der Waals surface area contributed by atoms with E-state index in [0.717, 1.165) is 6.42 Å². The third-order valence-electron chi connectivity index (χ3n) is 2.99. The highest BCUT2D eigenvalue weighted by Gasteiger charge is 2.28. The zero-order chi connectivity index (χ0) is 13.1. The zero-order valence-corrected chi connectivity index (χ0v) is 10.3. The van der Waals surface area contributed by atoms with Crippen molar-refractivity contribution in [2.24, 2.45) is 5.73 Å². The van der Waals surface area contributed by atoms with Gasteiger partial charge in [-0.25, -0.2) is 4.39 Å². The molecule has 0 aliphatic carbocycles. The van der Waals surface area contributed by atoms with Crippen molar-refractivity contribution in [3.05, 3.63) is 30.1 Å². The third kappa shape index (κ3) is 2.98. The second kappa shape index (κ2) is 5.35. The first-order valence-corrected chi connectivity index (χ1v) is 6.03. The molecule has 1 aromatic rings. The predicted molar refractivity (Wildman–Crippen MR) is 65.7 cm³/mol. The predicted octanol–water partition coefficient (Wildman–Crippen LogP) is 1.15. The van der Waals surface area contributed by atoms with Crippen LogP contribution in [0.1, 0.15) is 13.3 Å². The Kier molecular flexibility index (Phi) is 3.81. The number of halogens is 1. The van der Waals surface area contributed by atoms with E-state index >= 15 is 0 Å². The van der Waals surface area contributed by atoms with E-state index in [4.69, 9.17) is 10.5 Å². The van der Waals surface area contributed by atoms with Crippen LogP contribution in [0.25, 0.3) is 0 Å². The smallest absolute Gasteiger partial charge is 0.263 e. The number of nitrogens with zero attached hydrogens (tertiary/aromatic N) is 1. The molecule has 0 radical (unpaired) electrons. The number of hydrogen-bond donors (Lipinski definition) is 1. The lowest BCUT2D eigenvalue weighted by atomic mass is 10.3. The molecule has 2 N–H and O–H groups in total. The van der Waals surface area contributed by atoms with Crippen molar-refractivity contribution in [1.82, 2.24) is 4.90 Å². The number of benzene rings is 1. The molecular formula is C13H17FN2O2. The van der Waals surface area contributed by atoms with Crippen LogP contribution in [-0.4, -0.2) is 36.0 Å². The molecule has 0 aromatic heterocycles.